The van der Waals surface area contributed by atoms with Crippen LogP contribution >= 0.6 is 12.4 Å². The van der Waals surface area contributed by atoms with Crippen molar-refractivity contribution >= 4 is 18.3 Å². The highest BCUT2D eigenvalue weighted by molar-refractivity contribution is 5.94. The zero-order chi connectivity index (χ0) is 15.9. The van der Waals surface area contributed by atoms with Gasteiger partial charge in [-0.25, -0.2) is 0 Å². The second-order valence-electron chi connectivity index (χ2n) is 5.43. The standard InChI is InChI=1S/C18H22N2O2.ClH/c1-13(2)20-18(21)15-8-9-17(16(10-15)11-19)22-12-14-6-4-3-5-7-14;/h3-10,13H,11-12,19H2,1-2H3,(H,20,21);1H. The van der Waals surface area contributed by atoms with Gasteiger partial charge in [0, 0.05) is 23.7 Å². The molecule has 1 amide bonds. The minimum Gasteiger partial charge on any atom is -0.489 e. The van der Waals surface area contributed by atoms with Crippen LogP contribution in [0.2, 0.25) is 0 Å². The molecule has 0 heterocycles. The van der Waals surface area contributed by atoms with Crippen molar-refractivity contribution in [2.45, 2.75) is 33.0 Å². The molecule has 0 saturated heterocycles. The molecule has 0 aromatic heterocycles. The van der Waals surface area contributed by atoms with Gasteiger partial charge in [0.15, 0.2) is 0 Å². The fourth-order valence-corrected chi connectivity index (χ4v) is 2.10. The molecule has 0 saturated carbocycles. The molecule has 0 radical (unpaired) electrons. The SMILES string of the molecule is CC(C)NC(=O)c1ccc(OCc2ccccc2)c(CN)c1.Cl. The average molecular weight is 335 g/mol. The van der Waals surface area contributed by atoms with Crippen molar-refractivity contribution in [1.82, 2.24) is 5.32 Å². The van der Waals surface area contributed by atoms with Gasteiger partial charge in [-0.1, -0.05) is 30.3 Å². The second kappa shape index (κ2) is 9.18. The predicted octanol–water partition coefficient (Wildman–Crippen LogP) is 3.28. The van der Waals surface area contributed by atoms with E-state index in [-0.39, 0.29) is 24.4 Å². The maximum Gasteiger partial charge on any atom is 0.251 e. The van der Waals surface area contributed by atoms with Crippen LogP contribution < -0.4 is 15.8 Å². The lowest BCUT2D eigenvalue weighted by molar-refractivity contribution is 0.0943. The third-order valence-corrected chi connectivity index (χ3v) is 3.20. The van der Waals surface area contributed by atoms with E-state index >= 15 is 0 Å². The number of nitrogens with one attached hydrogen (secondary N) is 1. The quantitative estimate of drug-likeness (QED) is 0.852. The van der Waals surface area contributed by atoms with Crippen LogP contribution in [-0.4, -0.2) is 11.9 Å². The summed E-state index contributed by atoms with van der Waals surface area (Å²) < 4.78 is 5.82. The first kappa shape index (κ1) is 19.0. The van der Waals surface area contributed by atoms with Crippen molar-refractivity contribution in [2.75, 3.05) is 0 Å². The van der Waals surface area contributed by atoms with Gasteiger partial charge >= 0.3 is 0 Å². The number of nitrogens with two attached hydrogens (primary N) is 1. The van der Waals surface area contributed by atoms with E-state index < -0.39 is 0 Å². The Morgan fingerprint density at radius 2 is 1.87 bits per heavy atom. The van der Waals surface area contributed by atoms with Crippen molar-refractivity contribution in [3.8, 4) is 5.75 Å². The summed E-state index contributed by atoms with van der Waals surface area (Å²) in [5.41, 5.74) is 8.29. The second-order valence-corrected chi connectivity index (χ2v) is 5.43. The van der Waals surface area contributed by atoms with E-state index in [1.54, 1.807) is 18.2 Å². The Labute approximate surface area is 143 Å². The monoisotopic (exact) mass is 334 g/mol. The molecule has 0 fully saturated rings. The summed E-state index contributed by atoms with van der Waals surface area (Å²) >= 11 is 0. The average Bonchev–Trinajstić information content (AvgIpc) is 2.53. The van der Waals surface area contributed by atoms with Gasteiger partial charge in [-0.15, -0.1) is 12.4 Å². The van der Waals surface area contributed by atoms with Gasteiger partial charge in [-0.3, -0.25) is 4.79 Å². The summed E-state index contributed by atoms with van der Waals surface area (Å²) in [4.78, 5) is 12.0. The molecule has 23 heavy (non-hydrogen) atoms. The molecule has 0 unspecified atom stereocenters. The molecule has 0 aliphatic carbocycles. The normalized spacial score (nSPS) is 10.1. The van der Waals surface area contributed by atoms with E-state index in [0.29, 0.717) is 24.5 Å². The molecule has 2 rings (SSSR count). The van der Waals surface area contributed by atoms with E-state index in [2.05, 4.69) is 5.32 Å². The largest absolute Gasteiger partial charge is 0.489 e. The van der Waals surface area contributed by atoms with Crippen LogP contribution in [-0.2, 0) is 13.2 Å². The highest BCUT2D eigenvalue weighted by Gasteiger charge is 2.11. The zero-order valence-corrected chi connectivity index (χ0v) is 14.2. The maximum absolute atomic E-state index is 12.0. The van der Waals surface area contributed by atoms with E-state index in [0.717, 1.165) is 11.1 Å². The predicted molar refractivity (Wildman–Crippen MR) is 95.0 cm³/mol. The smallest absolute Gasteiger partial charge is 0.251 e. The molecular formula is C18H23ClN2O2. The number of benzene rings is 2. The lowest BCUT2D eigenvalue weighted by Gasteiger charge is -2.13. The summed E-state index contributed by atoms with van der Waals surface area (Å²) in [5.74, 6) is 0.617. The van der Waals surface area contributed by atoms with Crippen molar-refractivity contribution in [2.24, 2.45) is 5.73 Å². The van der Waals surface area contributed by atoms with Crippen LogP contribution in [0.5, 0.6) is 5.75 Å². The Hall–Kier alpha value is -2.04. The number of hydrogen-bond donors (Lipinski definition) is 2. The first-order valence-corrected chi connectivity index (χ1v) is 7.40. The number of rotatable bonds is 6. The van der Waals surface area contributed by atoms with Gasteiger partial charge < -0.3 is 15.8 Å². The van der Waals surface area contributed by atoms with Crippen LogP contribution in [0.3, 0.4) is 0 Å². The topological polar surface area (TPSA) is 64.3 Å². The summed E-state index contributed by atoms with van der Waals surface area (Å²) in [6, 6.07) is 15.4. The Morgan fingerprint density at radius 1 is 1.17 bits per heavy atom. The Morgan fingerprint density at radius 3 is 2.48 bits per heavy atom. The first-order valence-electron chi connectivity index (χ1n) is 7.40. The Bertz CT molecular complexity index is 630. The first-order chi connectivity index (χ1) is 10.6. The van der Waals surface area contributed by atoms with Gasteiger partial charge in [0.25, 0.3) is 5.91 Å². The van der Waals surface area contributed by atoms with Crippen molar-refractivity contribution in [3.63, 3.8) is 0 Å². The summed E-state index contributed by atoms with van der Waals surface area (Å²) in [7, 11) is 0. The number of ether oxygens (including phenoxy) is 1. The highest BCUT2D eigenvalue weighted by atomic mass is 35.5. The molecule has 2 aromatic carbocycles. The van der Waals surface area contributed by atoms with Crippen LogP contribution in [0.15, 0.2) is 48.5 Å². The fourth-order valence-electron chi connectivity index (χ4n) is 2.10. The third-order valence-electron chi connectivity index (χ3n) is 3.20. The molecule has 4 nitrogen and oxygen atoms in total. The number of amides is 1. The number of halogens is 1. The Balaban J connectivity index is 0.00000264. The van der Waals surface area contributed by atoms with Gasteiger partial charge in [-0.2, -0.15) is 0 Å². The fraction of sp³-hybridized carbons (Fsp3) is 0.278. The molecule has 0 atom stereocenters. The van der Waals surface area contributed by atoms with E-state index in [4.69, 9.17) is 10.5 Å². The van der Waals surface area contributed by atoms with Gasteiger partial charge in [0.2, 0.25) is 0 Å². The summed E-state index contributed by atoms with van der Waals surface area (Å²) in [6.07, 6.45) is 0. The lowest BCUT2D eigenvalue weighted by Crippen LogP contribution is -2.30. The van der Waals surface area contributed by atoms with Crippen LogP contribution in [0.4, 0.5) is 0 Å². The minimum absolute atomic E-state index is 0. The maximum atomic E-state index is 12.0. The lowest BCUT2D eigenvalue weighted by atomic mass is 10.1. The molecule has 2 aromatic rings. The molecular weight excluding hydrogens is 312 g/mol. The van der Waals surface area contributed by atoms with Crippen molar-refractivity contribution in [3.05, 3.63) is 65.2 Å². The van der Waals surface area contributed by atoms with Crippen molar-refractivity contribution in [1.29, 1.82) is 0 Å². The highest BCUT2D eigenvalue weighted by Crippen LogP contribution is 2.21. The van der Waals surface area contributed by atoms with Crippen molar-refractivity contribution < 1.29 is 9.53 Å². The van der Waals surface area contributed by atoms with Gasteiger partial charge in [-0.05, 0) is 37.6 Å². The summed E-state index contributed by atoms with van der Waals surface area (Å²) in [6.45, 7) is 4.66. The van der Waals surface area contributed by atoms with E-state index in [1.807, 2.05) is 44.2 Å². The Kier molecular flexibility index (Phi) is 7.59. The van der Waals surface area contributed by atoms with E-state index in [1.165, 1.54) is 0 Å². The van der Waals surface area contributed by atoms with Crippen LogP contribution in [0, 0.1) is 0 Å². The van der Waals surface area contributed by atoms with E-state index in [9.17, 15) is 4.79 Å². The van der Waals surface area contributed by atoms with Crippen LogP contribution in [0.1, 0.15) is 35.3 Å². The number of carbonyl (C=O) groups excluding carboxylic acids is 1. The minimum atomic E-state index is -0.0979. The molecule has 124 valence electrons. The van der Waals surface area contributed by atoms with Gasteiger partial charge in [0.05, 0.1) is 0 Å². The molecule has 5 heteroatoms. The van der Waals surface area contributed by atoms with Crippen LogP contribution in [0.25, 0.3) is 0 Å². The molecule has 3 N–H and O–H groups in total. The third kappa shape index (κ3) is 5.58. The summed E-state index contributed by atoms with van der Waals surface area (Å²) in [5, 5.41) is 2.87. The number of hydrogen-bond acceptors (Lipinski definition) is 3. The number of carbonyl (C=O) groups is 1. The molecule has 0 aliphatic rings. The van der Waals surface area contributed by atoms with Gasteiger partial charge in [0.1, 0.15) is 12.4 Å². The molecule has 0 bridgehead atoms. The molecule has 0 spiro atoms. The zero-order valence-electron chi connectivity index (χ0n) is 13.4. The molecule has 0 aliphatic heterocycles.